The van der Waals surface area contributed by atoms with E-state index in [1.54, 1.807) is 12.1 Å². The van der Waals surface area contributed by atoms with E-state index >= 15 is 0 Å². The summed E-state index contributed by atoms with van der Waals surface area (Å²) in [5.74, 6) is 0.648. The second-order valence-electron chi connectivity index (χ2n) is 6.67. The first-order chi connectivity index (χ1) is 14.7. The van der Waals surface area contributed by atoms with Gasteiger partial charge in [0, 0.05) is 16.1 Å². The van der Waals surface area contributed by atoms with Crippen LogP contribution in [0.5, 0.6) is 5.75 Å². The SMILES string of the molecule is O=C(NCCOc1ccccc1)c1ccc(-c2cc(-c3ccc(Cl)cc3)[nH]n2)cc1. The van der Waals surface area contributed by atoms with Crippen molar-refractivity contribution in [2.75, 3.05) is 13.2 Å². The Morgan fingerprint density at radius 3 is 2.37 bits per heavy atom. The number of para-hydroxylation sites is 1. The molecule has 0 unspecified atom stereocenters. The van der Waals surface area contributed by atoms with Crippen LogP contribution in [0.1, 0.15) is 10.4 Å². The number of carbonyl (C=O) groups is 1. The molecular weight excluding hydrogens is 398 g/mol. The average molecular weight is 418 g/mol. The highest BCUT2D eigenvalue weighted by atomic mass is 35.5. The fraction of sp³-hybridized carbons (Fsp3) is 0.0833. The second kappa shape index (κ2) is 9.29. The molecule has 1 heterocycles. The van der Waals surface area contributed by atoms with Crippen molar-refractivity contribution in [1.29, 1.82) is 0 Å². The Morgan fingerprint density at radius 1 is 0.933 bits per heavy atom. The predicted molar refractivity (Wildman–Crippen MR) is 119 cm³/mol. The molecule has 0 atom stereocenters. The first kappa shape index (κ1) is 19.7. The molecule has 0 saturated carbocycles. The third-order valence-electron chi connectivity index (χ3n) is 4.58. The van der Waals surface area contributed by atoms with Crippen LogP contribution < -0.4 is 10.1 Å². The quantitative estimate of drug-likeness (QED) is 0.406. The molecular formula is C24H20ClN3O2. The fourth-order valence-electron chi connectivity index (χ4n) is 2.99. The summed E-state index contributed by atoms with van der Waals surface area (Å²) in [4.78, 5) is 12.3. The Bertz CT molecular complexity index is 1110. The van der Waals surface area contributed by atoms with Gasteiger partial charge in [-0.25, -0.2) is 0 Å². The molecule has 6 heteroatoms. The number of hydrogen-bond donors (Lipinski definition) is 2. The Kier molecular flexibility index (Phi) is 6.11. The van der Waals surface area contributed by atoms with Gasteiger partial charge < -0.3 is 10.1 Å². The maximum absolute atomic E-state index is 12.3. The van der Waals surface area contributed by atoms with Gasteiger partial charge in [-0.15, -0.1) is 0 Å². The summed E-state index contributed by atoms with van der Waals surface area (Å²) in [7, 11) is 0. The van der Waals surface area contributed by atoms with Crippen LogP contribution in [0.15, 0.2) is 84.9 Å². The molecule has 3 aromatic carbocycles. The van der Waals surface area contributed by atoms with Crippen LogP contribution >= 0.6 is 11.6 Å². The van der Waals surface area contributed by atoms with Crippen LogP contribution in [-0.2, 0) is 0 Å². The summed E-state index contributed by atoms with van der Waals surface area (Å²) >= 11 is 5.94. The van der Waals surface area contributed by atoms with E-state index in [1.807, 2.05) is 72.8 Å². The number of carbonyl (C=O) groups excluding carboxylic acids is 1. The zero-order chi connectivity index (χ0) is 20.8. The maximum Gasteiger partial charge on any atom is 0.251 e. The molecule has 4 rings (SSSR count). The van der Waals surface area contributed by atoms with Gasteiger partial charge in [-0.3, -0.25) is 9.89 Å². The Labute approximate surface area is 179 Å². The van der Waals surface area contributed by atoms with Crippen molar-refractivity contribution in [1.82, 2.24) is 15.5 Å². The molecule has 1 amide bonds. The minimum absolute atomic E-state index is 0.137. The summed E-state index contributed by atoms with van der Waals surface area (Å²) < 4.78 is 5.58. The summed E-state index contributed by atoms with van der Waals surface area (Å²) in [5, 5.41) is 11.0. The van der Waals surface area contributed by atoms with Crippen LogP contribution in [0.25, 0.3) is 22.5 Å². The molecule has 0 radical (unpaired) electrons. The van der Waals surface area contributed by atoms with Crippen molar-refractivity contribution in [2.24, 2.45) is 0 Å². The third-order valence-corrected chi connectivity index (χ3v) is 4.83. The van der Waals surface area contributed by atoms with Gasteiger partial charge in [-0.05, 0) is 48.0 Å². The number of hydrogen-bond acceptors (Lipinski definition) is 3. The van der Waals surface area contributed by atoms with Gasteiger partial charge in [0.05, 0.1) is 17.9 Å². The lowest BCUT2D eigenvalue weighted by Gasteiger charge is -2.08. The standard InChI is InChI=1S/C24H20ClN3O2/c25-20-12-10-18(11-13-20)23-16-22(27-28-23)17-6-8-19(9-7-17)24(29)26-14-15-30-21-4-2-1-3-5-21/h1-13,16H,14-15H2,(H,26,29)(H,27,28). The molecule has 0 fully saturated rings. The molecule has 0 aliphatic rings. The van der Waals surface area contributed by atoms with Crippen molar-refractivity contribution >= 4 is 17.5 Å². The molecule has 150 valence electrons. The molecule has 0 saturated heterocycles. The smallest absolute Gasteiger partial charge is 0.251 e. The highest BCUT2D eigenvalue weighted by Gasteiger charge is 2.09. The topological polar surface area (TPSA) is 67.0 Å². The Hall–Kier alpha value is -3.57. The van der Waals surface area contributed by atoms with Gasteiger partial charge in [0.2, 0.25) is 0 Å². The molecule has 30 heavy (non-hydrogen) atoms. The highest BCUT2D eigenvalue weighted by Crippen LogP contribution is 2.25. The van der Waals surface area contributed by atoms with Crippen molar-refractivity contribution < 1.29 is 9.53 Å². The van der Waals surface area contributed by atoms with Gasteiger partial charge >= 0.3 is 0 Å². The van der Waals surface area contributed by atoms with Gasteiger partial charge in [0.1, 0.15) is 12.4 Å². The molecule has 0 aliphatic carbocycles. The molecule has 4 aromatic rings. The molecule has 5 nitrogen and oxygen atoms in total. The summed E-state index contributed by atoms with van der Waals surface area (Å²) in [6.07, 6.45) is 0. The summed E-state index contributed by atoms with van der Waals surface area (Å²) in [5.41, 5.74) is 4.24. The number of benzene rings is 3. The van der Waals surface area contributed by atoms with Crippen LogP contribution in [-0.4, -0.2) is 29.3 Å². The van der Waals surface area contributed by atoms with E-state index in [0.29, 0.717) is 23.7 Å². The van der Waals surface area contributed by atoms with E-state index in [1.165, 1.54) is 0 Å². The number of rotatable bonds is 7. The van der Waals surface area contributed by atoms with Gasteiger partial charge in [-0.1, -0.05) is 54.1 Å². The Balaban J connectivity index is 1.33. The lowest BCUT2D eigenvalue weighted by Crippen LogP contribution is -2.28. The van der Waals surface area contributed by atoms with E-state index in [9.17, 15) is 4.79 Å². The largest absolute Gasteiger partial charge is 0.492 e. The van der Waals surface area contributed by atoms with Crippen molar-refractivity contribution in [2.45, 2.75) is 0 Å². The van der Waals surface area contributed by atoms with Crippen molar-refractivity contribution in [3.05, 3.63) is 95.5 Å². The van der Waals surface area contributed by atoms with Gasteiger partial charge in [0.25, 0.3) is 5.91 Å². The summed E-state index contributed by atoms with van der Waals surface area (Å²) in [6, 6.07) is 26.4. The van der Waals surface area contributed by atoms with Crippen LogP contribution in [0.4, 0.5) is 0 Å². The van der Waals surface area contributed by atoms with E-state index in [2.05, 4.69) is 15.5 Å². The molecule has 0 aliphatic heterocycles. The van der Waals surface area contributed by atoms with E-state index < -0.39 is 0 Å². The highest BCUT2D eigenvalue weighted by molar-refractivity contribution is 6.30. The van der Waals surface area contributed by atoms with E-state index in [-0.39, 0.29) is 5.91 Å². The van der Waals surface area contributed by atoms with Crippen molar-refractivity contribution in [3.8, 4) is 28.3 Å². The summed E-state index contributed by atoms with van der Waals surface area (Å²) in [6.45, 7) is 0.841. The lowest BCUT2D eigenvalue weighted by molar-refractivity contribution is 0.0947. The zero-order valence-electron chi connectivity index (χ0n) is 16.1. The van der Waals surface area contributed by atoms with Crippen LogP contribution in [0.3, 0.4) is 0 Å². The number of ether oxygens (including phenoxy) is 1. The first-order valence-electron chi connectivity index (χ1n) is 9.57. The minimum Gasteiger partial charge on any atom is -0.492 e. The van der Waals surface area contributed by atoms with Crippen LogP contribution in [0.2, 0.25) is 5.02 Å². The van der Waals surface area contributed by atoms with E-state index in [4.69, 9.17) is 16.3 Å². The number of halogens is 1. The molecule has 2 N–H and O–H groups in total. The monoisotopic (exact) mass is 417 g/mol. The van der Waals surface area contributed by atoms with Crippen molar-refractivity contribution in [3.63, 3.8) is 0 Å². The third kappa shape index (κ3) is 4.88. The van der Waals surface area contributed by atoms with Gasteiger partial charge in [-0.2, -0.15) is 5.10 Å². The van der Waals surface area contributed by atoms with Crippen LogP contribution in [0, 0.1) is 0 Å². The number of nitrogens with zero attached hydrogens (tertiary/aromatic N) is 1. The number of aromatic nitrogens is 2. The average Bonchev–Trinajstić information content (AvgIpc) is 3.28. The number of H-pyrrole nitrogens is 1. The second-order valence-corrected chi connectivity index (χ2v) is 7.10. The number of aromatic amines is 1. The first-order valence-corrected chi connectivity index (χ1v) is 9.95. The Morgan fingerprint density at radius 2 is 1.63 bits per heavy atom. The van der Waals surface area contributed by atoms with E-state index in [0.717, 1.165) is 28.3 Å². The maximum atomic E-state index is 12.3. The minimum atomic E-state index is -0.137. The predicted octanol–water partition coefficient (Wildman–Crippen LogP) is 5.21. The lowest BCUT2D eigenvalue weighted by atomic mass is 10.1. The molecule has 0 spiro atoms. The fourth-order valence-corrected chi connectivity index (χ4v) is 3.12. The molecule has 0 bridgehead atoms. The molecule has 1 aromatic heterocycles. The van der Waals surface area contributed by atoms with Gasteiger partial charge in [0.15, 0.2) is 0 Å². The number of nitrogens with one attached hydrogen (secondary N) is 2. The zero-order valence-corrected chi connectivity index (χ0v) is 16.9. The number of amides is 1. The normalized spacial score (nSPS) is 10.6.